The Balaban J connectivity index is 1.94. The first-order valence-corrected chi connectivity index (χ1v) is 5.80. The minimum Gasteiger partial charge on any atom is -0.481 e. The maximum Gasteiger partial charge on any atom is 0.303 e. The number of aromatic nitrogens is 3. The number of nitrogens with zero attached hydrogens (tertiary/aromatic N) is 3. The van der Waals surface area contributed by atoms with Crippen LogP contribution in [0.25, 0.3) is 0 Å². The van der Waals surface area contributed by atoms with Gasteiger partial charge in [0.25, 0.3) is 0 Å². The molecule has 0 aliphatic rings. The van der Waals surface area contributed by atoms with E-state index < -0.39 is 5.97 Å². The SMILES string of the molecule is O=C(O)CCc1cn(Cc2ccsc2)nn1. The van der Waals surface area contributed by atoms with Crippen LogP contribution in [-0.2, 0) is 17.8 Å². The van der Waals surface area contributed by atoms with Crippen molar-refractivity contribution in [3.63, 3.8) is 0 Å². The number of hydrogen-bond acceptors (Lipinski definition) is 4. The Bertz CT molecular complexity index is 464. The van der Waals surface area contributed by atoms with E-state index in [2.05, 4.69) is 15.7 Å². The molecule has 0 saturated heterocycles. The number of thiophene rings is 1. The van der Waals surface area contributed by atoms with Crippen molar-refractivity contribution in [1.82, 2.24) is 15.0 Å². The molecule has 0 aliphatic carbocycles. The van der Waals surface area contributed by atoms with Crippen molar-refractivity contribution in [2.24, 2.45) is 0 Å². The highest BCUT2D eigenvalue weighted by atomic mass is 32.1. The summed E-state index contributed by atoms with van der Waals surface area (Å²) in [6, 6.07) is 2.03. The van der Waals surface area contributed by atoms with E-state index in [1.165, 1.54) is 5.56 Å². The molecule has 2 rings (SSSR count). The molecule has 0 fully saturated rings. The van der Waals surface area contributed by atoms with Gasteiger partial charge < -0.3 is 5.11 Å². The quantitative estimate of drug-likeness (QED) is 0.853. The molecule has 16 heavy (non-hydrogen) atoms. The Morgan fingerprint density at radius 3 is 3.12 bits per heavy atom. The number of carbonyl (C=O) groups is 1. The summed E-state index contributed by atoms with van der Waals surface area (Å²) in [6.07, 6.45) is 2.32. The number of aryl methyl sites for hydroxylation is 1. The van der Waals surface area contributed by atoms with Crippen molar-refractivity contribution < 1.29 is 9.90 Å². The van der Waals surface area contributed by atoms with Gasteiger partial charge in [0.05, 0.1) is 18.7 Å². The molecule has 0 radical (unpaired) electrons. The smallest absolute Gasteiger partial charge is 0.303 e. The standard InChI is InChI=1S/C10H11N3O2S/c14-10(15)2-1-9-6-13(12-11-9)5-8-3-4-16-7-8/h3-4,6-7H,1-2,5H2,(H,14,15). The van der Waals surface area contributed by atoms with Crippen molar-refractivity contribution in [2.45, 2.75) is 19.4 Å². The lowest BCUT2D eigenvalue weighted by molar-refractivity contribution is -0.136. The molecular weight excluding hydrogens is 226 g/mol. The summed E-state index contributed by atoms with van der Waals surface area (Å²) >= 11 is 1.64. The van der Waals surface area contributed by atoms with Crippen LogP contribution in [-0.4, -0.2) is 26.1 Å². The van der Waals surface area contributed by atoms with Gasteiger partial charge in [0.2, 0.25) is 0 Å². The van der Waals surface area contributed by atoms with Gasteiger partial charge in [-0.25, -0.2) is 4.68 Å². The second-order valence-corrected chi connectivity index (χ2v) is 4.21. The lowest BCUT2D eigenvalue weighted by Gasteiger charge is -1.95. The van der Waals surface area contributed by atoms with Crippen LogP contribution in [0.5, 0.6) is 0 Å². The molecule has 0 bridgehead atoms. The Morgan fingerprint density at radius 2 is 2.44 bits per heavy atom. The third kappa shape index (κ3) is 2.90. The molecular formula is C10H11N3O2S. The molecule has 2 aromatic heterocycles. The fraction of sp³-hybridized carbons (Fsp3) is 0.300. The summed E-state index contributed by atoms with van der Waals surface area (Å²) < 4.78 is 1.72. The van der Waals surface area contributed by atoms with E-state index in [-0.39, 0.29) is 6.42 Å². The van der Waals surface area contributed by atoms with E-state index in [0.29, 0.717) is 13.0 Å². The second kappa shape index (κ2) is 4.89. The zero-order valence-electron chi connectivity index (χ0n) is 8.54. The van der Waals surface area contributed by atoms with Gasteiger partial charge in [0, 0.05) is 12.6 Å². The molecule has 84 valence electrons. The number of hydrogen-bond donors (Lipinski definition) is 1. The third-order valence-electron chi connectivity index (χ3n) is 2.11. The molecule has 0 atom stereocenters. The first kappa shape index (κ1) is 10.8. The number of aliphatic carboxylic acids is 1. The van der Waals surface area contributed by atoms with E-state index in [4.69, 9.17) is 5.11 Å². The van der Waals surface area contributed by atoms with E-state index in [1.54, 1.807) is 22.2 Å². The summed E-state index contributed by atoms with van der Waals surface area (Å²) in [5, 5.41) is 20.5. The highest BCUT2D eigenvalue weighted by Crippen LogP contribution is 2.08. The van der Waals surface area contributed by atoms with Crippen LogP contribution in [0.1, 0.15) is 17.7 Å². The molecule has 0 saturated carbocycles. The van der Waals surface area contributed by atoms with E-state index in [9.17, 15) is 4.79 Å². The summed E-state index contributed by atoms with van der Waals surface area (Å²) in [6.45, 7) is 0.684. The number of carboxylic acid groups (broad SMARTS) is 1. The molecule has 0 amide bonds. The van der Waals surface area contributed by atoms with Gasteiger partial charge in [-0.15, -0.1) is 5.10 Å². The highest BCUT2D eigenvalue weighted by molar-refractivity contribution is 7.07. The van der Waals surface area contributed by atoms with Crippen LogP contribution < -0.4 is 0 Å². The van der Waals surface area contributed by atoms with Gasteiger partial charge in [-0.05, 0) is 22.4 Å². The average molecular weight is 237 g/mol. The van der Waals surface area contributed by atoms with Gasteiger partial charge in [0.15, 0.2) is 0 Å². The van der Waals surface area contributed by atoms with Crippen molar-refractivity contribution in [3.8, 4) is 0 Å². The van der Waals surface area contributed by atoms with Crippen LogP contribution in [0.4, 0.5) is 0 Å². The predicted octanol–water partition coefficient (Wildman–Crippen LogP) is 1.41. The van der Waals surface area contributed by atoms with Gasteiger partial charge in [0.1, 0.15) is 0 Å². The van der Waals surface area contributed by atoms with Crippen LogP contribution >= 0.6 is 11.3 Å². The molecule has 0 unspecified atom stereocenters. The molecule has 1 N–H and O–H groups in total. The highest BCUT2D eigenvalue weighted by Gasteiger charge is 2.04. The van der Waals surface area contributed by atoms with Crippen LogP contribution in [0, 0.1) is 0 Å². The fourth-order valence-corrected chi connectivity index (χ4v) is 1.99. The minimum atomic E-state index is -0.813. The molecule has 5 nitrogen and oxygen atoms in total. The monoisotopic (exact) mass is 237 g/mol. The Labute approximate surface area is 96.3 Å². The topological polar surface area (TPSA) is 68.0 Å². The summed E-state index contributed by atoms with van der Waals surface area (Å²) in [5.41, 5.74) is 1.90. The second-order valence-electron chi connectivity index (χ2n) is 3.43. The fourth-order valence-electron chi connectivity index (χ4n) is 1.34. The van der Waals surface area contributed by atoms with Gasteiger partial charge in [-0.1, -0.05) is 5.21 Å². The van der Waals surface area contributed by atoms with Crippen LogP contribution in [0.15, 0.2) is 23.0 Å². The maximum atomic E-state index is 10.4. The Kier molecular flexibility index (Phi) is 3.31. The molecule has 6 heteroatoms. The predicted molar refractivity (Wildman–Crippen MR) is 59.4 cm³/mol. The molecule has 0 aromatic carbocycles. The van der Waals surface area contributed by atoms with E-state index in [1.807, 2.05) is 11.4 Å². The Morgan fingerprint density at radius 1 is 1.56 bits per heavy atom. The van der Waals surface area contributed by atoms with Crippen molar-refractivity contribution in [3.05, 3.63) is 34.3 Å². The van der Waals surface area contributed by atoms with E-state index in [0.717, 1.165) is 5.69 Å². The van der Waals surface area contributed by atoms with Gasteiger partial charge in [-0.2, -0.15) is 11.3 Å². The third-order valence-corrected chi connectivity index (χ3v) is 2.84. The van der Waals surface area contributed by atoms with E-state index >= 15 is 0 Å². The summed E-state index contributed by atoms with van der Waals surface area (Å²) in [7, 11) is 0. The van der Waals surface area contributed by atoms with Gasteiger partial charge in [-0.3, -0.25) is 4.79 Å². The normalized spacial score (nSPS) is 10.5. The first-order valence-electron chi connectivity index (χ1n) is 4.86. The minimum absolute atomic E-state index is 0.0944. The van der Waals surface area contributed by atoms with Crippen molar-refractivity contribution in [1.29, 1.82) is 0 Å². The zero-order chi connectivity index (χ0) is 11.4. The molecule has 0 aliphatic heterocycles. The maximum absolute atomic E-state index is 10.4. The van der Waals surface area contributed by atoms with Gasteiger partial charge >= 0.3 is 5.97 Å². The first-order chi connectivity index (χ1) is 7.74. The van der Waals surface area contributed by atoms with Crippen LogP contribution in [0.2, 0.25) is 0 Å². The number of rotatable bonds is 5. The lowest BCUT2D eigenvalue weighted by Crippen LogP contribution is -1.99. The van der Waals surface area contributed by atoms with Crippen molar-refractivity contribution >= 4 is 17.3 Å². The zero-order valence-corrected chi connectivity index (χ0v) is 9.35. The average Bonchev–Trinajstić information content (AvgIpc) is 2.87. The Hall–Kier alpha value is -1.69. The largest absolute Gasteiger partial charge is 0.481 e. The molecule has 2 heterocycles. The molecule has 2 aromatic rings. The number of carboxylic acids is 1. The lowest BCUT2D eigenvalue weighted by atomic mass is 10.2. The van der Waals surface area contributed by atoms with Crippen molar-refractivity contribution in [2.75, 3.05) is 0 Å². The molecule has 0 spiro atoms. The van der Waals surface area contributed by atoms with Crippen LogP contribution in [0.3, 0.4) is 0 Å². The summed E-state index contributed by atoms with van der Waals surface area (Å²) in [5.74, 6) is -0.813. The summed E-state index contributed by atoms with van der Waals surface area (Å²) in [4.78, 5) is 10.4.